The van der Waals surface area contributed by atoms with Crippen molar-refractivity contribution in [3.8, 4) is 5.75 Å². The molecule has 0 aliphatic carbocycles. The van der Waals surface area contributed by atoms with Crippen molar-refractivity contribution in [3.63, 3.8) is 0 Å². The van der Waals surface area contributed by atoms with Gasteiger partial charge in [-0.1, -0.05) is 30.1 Å². The molecule has 0 aliphatic rings. The van der Waals surface area contributed by atoms with E-state index in [1.807, 2.05) is 6.92 Å². The quantitative estimate of drug-likeness (QED) is 0.496. The molecule has 2 nitrogen and oxygen atoms in total. The molecule has 0 fully saturated rings. The van der Waals surface area contributed by atoms with E-state index in [-0.39, 0.29) is 6.10 Å². The largest absolute Gasteiger partial charge is 0.489 e. The second kappa shape index (κ2) is 9.06. The van der Waals surface area contributed by atoms with Crippen molar-refractivity contribution in [1.29, 1.82) is 0 Å². The number of ether oxygens (including phenoxy) is 1. The SMILES string of the molecule is CCCNCCCC(C)Oc1cc(Cl)c(Br)cc1Cl. The van der Waals surface area contributed by atoms with E-state index >= 15 is 0 Å². The van der Waals surface area contributed by atoms with Gasteiger partial charge in [-0.15, -0.1) is 0 Å². The van der Waals surface area contributed by atoms with Gasteiger partial charge in [0.2, 0.25) is 0 Å². The van der Waals surface area contributed by atoms with Gasteiger partial charge in [-0.2, -0.15) is 0 Å². The Morgan fingerprint density at radius 1 is 1.26 bits per heavy atom. The summed E-state index contributed by atoms with van der Waals surface area (Å²) in [5.74, 6) is 0.642. The molecule has 0 aromatic heterocycles. The van der Waals surface area contributed by atoms with Crippen molar-refractivity contribution in [2.75, 3.05) is 13.1 Å². The van der Waals surface area contributed by atoms with Crippen LogP contribution in [0, 0.1) is 0 Å². The summed E-state index contributed by atoms with van der Waals surface area (Å²) >= 11 is 15.5. The summed E-state index contributed by atoms with van der Waals surface area (Å²) in [5, 5.41) is 4.56. The van der Waals surface area contributed by atoms with Crippen LogP contribution in [-0.4, -0.2) is 19.2 Å². The zero-order valence-electron chi connectivity index (χ0n) is 11.3. The van der Waals surface area contributed by atoms with Crippen LogP contribution in [-0.2, 0) is 0 Å². The number of hydrogen-bond donors (Lipinski definition) is 1. The van der Waals surface area contributed by atoms with Crippen molar-refractivity contribution in [3.05, 3.63) is 26.7 Å². The monoisotopic (exact) mass is 367 g/mol. The van der Waals surface area contributed by atoms with Crippen LogP contribution in [0.5, 0.6) is 5.75 Å². The molecule has 108 valence electrons. The van der Waals surface area contributed by atoms with Gasteiger partial charge >= 0.3 is 0 Å². The minimum Gasteiger partial charge on any atom is -0.489 e. The highest BCUT2D eigenvalue weighted by Crippen LogP contribution is 2.34. The van der Waals surface area contributed by atoms with E-state index in [0.29, 0.717) is 15.8 Å². The van der Waals surface area contributed by atoms with Crippen molar-refractivity contribution in [1.82, 2.24) is 5.32 Å². The third-order valence-electron chi connectivity index (χ3n) is 2.69. The Morgan fingerprint density at radius 2 is 2.00 bits per heavy atom. The second-order valence-electron chi connectivity index (χ2n) is 4.52. The number of benzene rings is 1. The molecular formula is C14H20BrCl2NO. The summed E-state index contributed by atoms with van der Waals surface area (Å²) in [6.45, 7) is 6.31. The first-order chi connectivity index (χ1) is 9.04. The lowest BCUT2D eigenvalue weighted by molar-refractivity contribution is 0.207. The van der Waals surface area contributed by atoms with Crippen LogP contribution in [0.2, 0.25) is 10.0 Å². The van der Waals surface area contributed by atoms with Gasteiger partial charge in [0.25, 0.3) is 0 Å². The van der Waals surface area contributed by atoms with Crippen LogP contribution in [0.4, 0.5) is 0 Å². The predicted octanol–water partition coefficient (Wildman–Crippen LogP) is 5.30. The first-order valence-corrected chi connectivity index (χ1v) is 8.11. The van der Waals surface area contributed by atoms with Gasteiger partial charge in [-0.3, -0.25) is 0 Å². The topological polar surface area (TPSA) is 21.3 Å². The van der Waals surface area contributed by atoms with E-state index in [4.69, 9.17) is 27.9 Å². The zero-order chi connectivity index (χ0) is 14.3. The second-order valence-corrected chi connectivity index (χ2v) is 6.19. The smallest absolute Gasteiger partial charge is 0.139 e. The van der Waals surface area contributed by atoms with Crippen LogP contribution in [0.1, 0.15) is 33.1 Å². The summed E-state index contributed by atoms with van der Waals surface area (Å²) in [4.78, 5) is 0. The number of halogens is 3. The molecule has 1 aromatic carbocycles. The summed E-state index contributed by atoms with van der Waals surface area (Å²) in [5.41, 5.74) is 0. The molecule has 1 unspecified atom stereocenters. The van der Waals surface area contributed by atoms with Gasteiger partial charge in [-0.05, 0) is 61.3 Å². The van der Waals surface area contributed by atoms with Crippen molar-refractivity contribution in [2.24, 2.45) is 0 Å². The van der Waals surface area contributed by atoms with Crippen LogP contribution in [0.15, 0.2) is 16.6 Å². The van der Waals surface area contributed by atoms with E-state index in [0.717, 1.165) is 30.4 Å². The maximum Gasteiger partial charge on any atom is 0.139 e. The molecule has 1 atom stereocenters. The molecule has 0 heterocycles. The predicted molar refractivity (Wildman–Crippen MR) is 86.6 cm³/mol. The van der Waals surface area contributed by atoms with E-state index in [1.165, 1.54) is 6.42 Å². The molecule has 1 aromatic rings. The molecule has 5 heteroatoms. The van der Waals surface area contributed by atoms with Gasteiger partial charge < -0.3 is 10.1 Å². The number of rotatable bonds is 8. The molecule has 0 radical (unpaired) electrons. The minimum absolute atomic E-state index is 0.123. The molecule has 0 saturated carbocycles. The molecule has 0 bridgehead atoms. The van der Waals surface area contributed by atoms with Crippen molar-refractivity contribution >= 4 is 39.1 Å². The van der Waals surface area contributed by atoms with E-state index < -0.39 is 0 Å². The third-order valence-corrected chi connectivity index (χ3v) is 4.19. The first-order valence-electron chi connectivity index (χ1n) is 6.56. The summed E-state index contributed by atoms with van der Waals surface area (Å²) in [6.07, 6.45) is 3.36. The Balaban J connectivity index is 2.40. The van der Waals surface area contributed by atoms with E-state index in [2.05, 4.69) is 28.2 Å². The molecule has 0 amide bonds. The van der Waals surface area contributed by atoms with Gasteiger partial charge in [0, 0.05) is 10.5 Å². The molecule has 0 spiro atoms. The summed E-state index contributed by atoms with van der Waals surface area (Å²) in [7, 11) is 0. The maximum absolute atomic E-state index is 6.12. The number of nitrogens with one attached hydrogen (secondary N) is 1. The molecule has 19 heavy (non-hydrogen) atoms. The number of hydrogen-bond acceptors (Lipinski definition) is 2. The minimum atomic E-state index is 0.123. The van der Waals surface area contributed by atoms with E-state index in [9.17, 15) is 0 Å². The van der Waals surface area contributed by atoms with Crippen LogP contribution >= 0.6 is 39.1 Å². The van der Waals surface area contributed by atoms with Gasteiger partial charge in [0.05, 0.1) is 16.1 Å². The lowest BCUT2D eigenvalue weighted by Crippen LogP contribution is -2.19. The van der Waals surface area contributed by atoms with E-state index in [1.54, 1.807) is 12.1 Å². The highest BCUT2D eigenvalue weighted by molar-refractivity contribution is 9.10. The summed E-state index contributed by atoms with van der Waals surface area (Å²) in [6, 6.07) is 3.51. The lowest BCUT2D eigenvalue weighted by atomic mass is 10.2. The Bertz CT molecular complexity index is 401. The molecule has 1 rings (SSSR count). The normalized spacial score (nSPS) is 12.5. The highest BCUT2D eigenvalue weighted by Gasteiger charge is 2.10. The Morgan fingerprint density at radius 3 is 2.68 bits per heavy atom. The van der Waals surface area contributed by atoms with Crippen LogP contribution < -0.4 is 10.1 Å². The summed E-state index contributed by atoms with van der Waals surface area (Å²) < 4.78 is 6.60. The van der Waals surface area contributed by atoms with Crippen molar-refractivity contribution in [2.45, 2.75) is 39.2 Å². The van der Waals surface area contributed by atoms with Gasteiger partial charge in [0.15, 0.2) is 0 Å². The highest BCUT2D eigenvalue weighted by atomic mass is 79.9. The first kappa shape index (κ1) is 17.1. The molecule has 0 aliphatic heterocycles. The Hall–Kier alpha value is 0.0400. The average molecular weight is 369 g/mol. The Labute approximate surface area is 133 Å². The fourth-order valence-corrected chi connectivity index (χ4v) is 2.52. The van der Waals surface area contributed by atoms with Gasteiger partial charge in [0.1, 0.15) is 5.75 Å². The standard InChI is InChI=1S/C14H20BrCl2NO/c1-3-6-18-7-4-5-10(2)19-14-9-12(16)11(15)8-13(14)17/h8-10,18H,3-7H2,1-2H3. The lowest BCUT2D eigenvalue weighted by Gasteiger charge is -2.16. The Kier molecular flexibility index (Phi) is 8.15. The fraction of sp³-hybridized carbons (Fsp3) is 0.571. The molecule has 0 saturated heterocycles. The third kappa shape index (κ3) is 6.35. The maximum atomic E-state index is 6.12. The molecule has 1 N–H and O–H groups in total. The fourth-order valence-electron chi connectivity index (χ4n) is 1.69. The van der Waals surface area contributed by atoms with Crippen LogP contribution in [0.25, 0.3) is 0 Å². The van der Waals surface area contributed by atoms with Gasteiger partial charge in [-0.25, -0.2) is 0 Å². The van der Waals surface area contributed by atoms with Crippen LogP contribution in [0.3, 0.4) is 0 Å². The zero-order valence-corrected chi connectivity index (χ0v) is 14.4. The molecular weight excluding hydrogens is 349 g/mol. The average Bonchev–Trinajstić information content (AvgIpc) is 2.35. The van der Waals surface area contributed by atoms with Crippen molar-refractivity contribution < 1.29 is 4.74 Å².